The molecule has 5 nitrogen and oxygen atoms in total. The number of amides is 1. The molecule has 0 saturated carbocycles. The minimum atomic E-state index is -4.42. The Bertz CT molecular complexity index is 756. The molecule has 1 aliphatic heterocycles. The molecule has 134 valence electrons. The van der Waals surface area contributed by atoms with E-state index in [0.717, 1.165) is 25.0 Å². The molecular formula is C17H19F3N4O. The summed E-state index contributed by atoms with van der Waals surface area (Å²) in [6.07, 6.45) is -0.995. The smallest absolute Gasteiger partial charge is 0.336 e. The average molecular weight is 352 g/mol. The van der Waals surface area contributed by atoms with Gasteiger partial charge in [-0.15, -0.1) is 0 Å². The number of halogens is 3. The number of likely N-dealkylation sites (tertiary alicyclic amines) is 1. The van der Waals surface area contributed by atoms with Crippen LogP contribution < -0.4 is 5.32 Å². The van der Waals surface area contributed by atoms with Gasteiger partial charge in [0.05, 0.1) is 11.3 Å². The van der Waals surface area contributed by atoms with Gasteiger partial charge in [0, 0.05) is 25.3 Å². The van der Waals surface area contributed by atoms with Crippen LogP contribution in [0.25, 0.3) is 5.69 Å². The Morgan fingerprint density at radius 2 is 2.12 bits per heavy atom. The molecule has 1 saturated heterocycles. The lowest BCUT2D eigenvalue weighted by molar-refractivity contribution is -0.137. The topological polar surface area (TPSA) is 50.2 Å². The first kappa shape index (κ1) is 17.5. The minimum Gasteiger partial charge on any atom is -0.336 e. The molecule has 8 heteroatoms. The van der Waals surface area contributed by atoms with E-state index in [9.17, 15) is 18.0 Å². The first-order valence-corrected chi connectivity index (χ1v) is 8.08. The van der Waals surface area contributed by atoms with Crippen LogP contribution in [0.15, 0.2) is 36.5 Å². The highest BCUT2D eigenvalue weighted by Gasteiger charge is 2.30. The van der Waals surface area contributed by atoms with Crippen molar-refractivity contribution in [2.24, 2.45) is 0 Å². The maximum Gasteiger partial charge on any atom is 0.416 e. The zero-order chi connectivity index (χ0) is 18.0. The first-order chi connectivity index (χ1) is 11.9. The van der Waals surface area contributed by atoms with Crippen molar-refractivity contribution in [3.05, 3.63) is 47.8 Å². The lowest BCUT2D eigenvalue weighted by Gasteiger charge is -2.32. The average Bonchev–Trinajstić information content (AvgIpc) is 3.10. The molecule has 1 aromatic carbocycles. The molecule has 0 unspecified atom stereocenters. The van der Waals surface area contributed by atoms with Crippen LogP contribution in [0.3, 0.4) is 0 Å². The summed E-state index contributed by atoms with van der Waals surface area (Å²) in [5, 5.41) is 7.33. The molecule has 1 amide bonds. The van der Waals surface area contributed by atoms with Crippen molar-refractivity contribution in [1.82, 2.24) is 20.0 Å². The molecule has 1 aromatic heterocycles. The Hall–Kier alpha value is -2.35. The number of likely N-dealkylation sites (N-methyl/N-ethyl adjacent to an activating group) is 1. The summed E-state index contributed by atoms with van der Waals surface area (Å²) in [4.78, 5) is 14.3. The van der Waals surface area contributed by atoms with Gasteiger partial charge in [0.2, 0.25) is 0 Å². The standard InChI is InChI=1S/C17H19F3N4O/c1-21-13-5-3-8-23(11-13)16(25)15-7-9-24(22-15)14-6-2-4-12(10-14)17(18,19)20/h2,4,6-7,9-10,13,21H,3,5,8,11H2,1H3/t13-/m0/s1. The monoisotopic (exact) mass is 352 g/mol. The van der Waals surface area contributed by atoms with Crippen molar-refractivity contribution >= 4 is 5.91 Å². The number of rotatable bonds is 3. The maximum atomic E-state index is 12.8. The second-order valence-electron chi connectivity index (χ2n) is 6.07. The summed E-state index contributed by atoms with van der Waals surface area (Å²) < 4.78 is 39.8. The van der Waals surface area contributed by atoms with Crippen molar-refractivity contribution in [3.63, 3.8) is 0 Å². The highest BCUT2D eigenvalue weighted by atomic mass is 19.4. The van der Waals surface area contributed by atoms with Crippen molar-refractivity contribution in [2.75, 3.05) is 20.1 Å². The summed E-state index contributed by atoms with van der Waals surface area (Å²) in [7, 11) is 1.86. The highest BCUT2D eigenvalue weighted by molar-refractivity contribution is 5.92. The first-order valence-electron chi connectivity index (χ1n) is 8.08. The quantitative estimate of drug-likeness (QED) is 0.924. The van der Waals surface area contributed by atoms with Crippen molar-refractivity contribution < 1.29 is 18.0 Å². The minimum absolute atomic E-state index is 0.203. The zero-order valence-electron chi connectivity index (χ0n) is 13.8. The van der Waals surface area contributed by atoms with E-state index in [-0.39, 0.29) is 23.3 Å². The predicted molar refractivity (Wildman–Crippen MR) is 86.6 cm³/mol. The molecule has 2 heterocycles. The third-order valence-corrected chi connectivity index (χ3v) is 4.36. The molecule has 1 fully saturated rings. The molecule has 0 bridgehead atoms. The molecule has 2 aromatic rings. The number of carbonyl (C=O) groups excluding carboxylic acids is 1. The number of hydrogen-bond acceptors (Lipinski definition) is 3. The normalized spacial score (nSPS) is 18.4. The van der Waals surface area contributed by atoms with E-state index >= 15 is 0 Å². The Morgan fingerprint density at radius 3 is 2.84 bits per heavy atom. The lowest BCUT2D eigenvalue weighted by Crippen LogP contribution is -2.47. The number of benzene rings is 1. The summed E-state index contributed by atoms with van der Waals surface area (Å²) in [5.41, 5.74) is -0.254. The van der Waals surface area contributed by atoms with E-state index in [0.29, 0.717) is 13.1 Å². The van der Waals surface area contributed by atoms with Crippen LogP contribution in [0.2, 0.25) is 0 Å². The van der Waals surface area contributed by atoms with Gasteiger partial charge in [-0.25, -0.2) is 4.68 Å². The number of alkyl halides is 3. The van der Waals surface area contributed by atoms with Gasteiger partial charge in [-0.05, 0) is 44.2 Å². The molecule has 0 spiro atoms. The maximum absolute atomic E-state index is 12.8. The molecule has 0 radical (unpaired) electrons. The fourth-order valence-corrected chi connectivity index (χ4v) is 2.97. The summed E-state index contributed by atoms with van der Waals surface area (Å²) in [6.45, 7) is 1.26. The summed E-state index contributed by atoms with van der Waals surface area (Å²) >= 11 is 0. The van der Waals surface area contributed by atoms with Crippen LogP contribution >= 0.6 is 0 Å². The van der Waals surface area contributed by atoms with E-state index < -0.39 is 11.7 Å². The number of carbonyl (C=O) groups is 1. The Balaban J connectivity index is 1.79. The number of nitrogens with one attached hydrogen (secondary N) is 1. The molecular weight excluding hydrogens is 333 g/mol. The molecule has 3 rings (SSSR count). The second kappa shape index (κ2) is 6.87. The third kappa shape index (κ3) is 3.84. The van der Waals surface area contributed by atoms with Gasteiger partial charge >= 0.3 is 6.18 Å². The van der Waals surface area contributed by atoms with E-state index in [1.54, 1.807) is 4.90 Å². The van der Waals surface area contributed by atoms with Crippen LogP contribution in [0.5, 0.6) is 0 Å². The van der Waals surface area contributed by atoms with Crippen molar-refractivity contribution in [3.8, 4) is 5.69 Å². The Labute approximate surface area is 143 Å². The van der Waals surface area contributed by atoms with E-state index in [4.69, 9.17) is 0 Å². The van der Waals surface area contributed by atoms with Gasteiger partial charge in [0.25, 0.3) is 5.91 Å². The zero-order valence-corrected chi connectivity index (χ0v) is 13.8. The van der Waals surface area contributed by atoms with Crippen LogP contribution in [0.1, 0.15) is 28.9 Å². The van der Waals surface area contributed by atoms with Gasteiger partial charge in [0.1, 0.15) is 0 Å². The highest BCUT2D eigenvalue weighted by Crippen LogP contribution is 2.30. The molecule has 1 aliphatic rings. The van der Waals surface area contributed by atoms with Crippen LogP contribution in [0, 0.1) is 0 Å². The van der Waals surface area contributed by atoms with Gasteiger partial charge < -0.3 is 10.2 Å². The van der Waals surface area contributed by atoms with Crippen LogP contribution in [0.4, 0.5) is 13.2 Å². The van der Waals surface area contributed by atoms with Gasteiger partial charge in [0.15, 0.2) is 5.69 Å². The van der Waals surface area contributed by atoms with Crippen molar-refractivity contribution in [1.29, 1.82) is 0 Å². The molecule has 1 N–H and O–H groups in total. The largest absolute Gasteiger partial charge is 0.416 e. The van der Waals surface area contributed by atoms with Crippen molar-refractivity contribution in [2.45, 2.75) is 25.1 Å². The fraction of sp³-hybridized carbons (Fsp3) is 0.412. The number of aromatic nitrogens is 2. The molecule has 1 atom stereocenters. The second-order valence-corrected chi connectivity index (χ2v) is 6.07. The van der Waals surface area contributed by atoms with E-state index in [1.165, 1.54) is 29.1 Å². The third-order valence-electron chi connectivity index (χ3n) is 4.36. The Kier molecular flexibility index (Phi) is 4.80. The number of nitrogens with zero attached hydrogens (tertiary/aromatic N) is 3. The van der Waals surface area contributed by atoms with Crippen LogP contribution in [-0.2, 0) is 6.18 Å². The number of piperidine rings is 1. The molecule has 0 aliphatic carbocycles. The number of hydrogen-bond donors (Lipinski definition) is 1. The Morgan fingerprint density at radius 1 is 1.32 bits per heavy atom. The lowest BCUT2D eigenvalue weighted by atomic mass is 10.1. The SMILES string of the molecule is CN[C@H]1CCCN(C(=O)c2ccn(-c3cccc(C(F)(F)F)c3)n2)C1. The van der Waals surface area contributed by atoms with Crippen LogP contribution in [-0.4, -0.2) is 46.8 Å². The van der Waals surface area contributed by atoms with Gasteiger partial charge in [-0.1, -0.05) is 6.07 Å². The predicted octanol–water partition coefficient (Wildman–Crippen LogP) is 2.72. The van der Waals surface area contributed by atoms with Gasteiger partial charge in [-0.3, -0.25) is 4.79 Å². The van der Waals surface area contributed by atoms with Gasteiger partial charge in [-0.2, -0.15) is 18.3 Å². The summed E-state index contributed by atoms with van der Waals surface area (Å²) in [5.74, 6) is -0.203. The molecule has 25 heavy (non-hydrogen) atoms. The summed E-state index contributed by atoms with van der Waals surface area (Å²) in [6, 6.07) is 6.65. The van der Waals surface area contributed by atoms with E-state index in [2.05, 4.69) is 10.4 Å². The van der Waals surface area contributed by atoms with E-state index in [1.807, 2.05) is 7.05 Å². The fourth-order valence-electron chi connectivity index (χ4n) is 2.97.